The fourth-order valence-corrected chi connectivity index (χ4v) is 4.77. The molecule has 0 aromatic carbocycles. The average Bonchev–Trinajstić information content (AvgIpc) is 3.01. The van der Waals surface area contributed by atoms with Crippen molar-refractivity contribution >= 4 is 45.6 Å². The fraction of sp³-hybridized carbons (Fsp3) is 0.438. The van der Waals surface area contributed by atoms with E-state index < -0.39 is 11.8 Å². The van der Waals surface area contributed by atoms with E-state index in [4.69, 9.17) is 11.6 Å². The highest BCUT2D eigenvalue weighted by Gasteiger charge is 2.56. The number of aromatic nitrogens is 2. The Labute approximate surface area is 162 Å². The van der Waals surface area contributed by atoms with E-state index in [0.717, 1.165) is 4.73 Å². The minimum atomic E-state index is -2.51. The maximum atomic E-state index is 12.8. The van der Waals surface area contributed by atoms with Crippen LogP contribution in [0.25, 0.3) is 10.6 Å². The first-order chi connectivity index (χ1) is 12.3. The smallest absolute Gasteiger partial charge is 0.252 e. The van der Waals surface area contributed by atoms with Crippen molar-refractivity contribution in [2.75, 3.05) is 23.5 Å². The first-order valence-electron chi connectivity index (χ1n) is 7.87. The Bertz CT molecular complexity index is 819. The Kier molecular flexibility index (Phi) is 5.69. The molecule has 2 aromatic heterocycles. The molecule has 0 bridgehead atoms. The van der Waals surface area contributed by atoms with Gasteiger partial charge >= 0.3 is 0 Å². The molecule has 140 valence electrons. The van der Waals surface area contributed by atoms with Gasteiger partial charge in [0.15, 0.2) is 5.15 Å². The molecule has 1 amide bonds. The molecule has 1 N–H and O–H groups in total. The Balaban J connectivity index is 1.57. The van der Waals surface area contributed by atoms with Crippen LogP contribution in [0.15, 0.2) is 24.5 Å². The van der Waals surface area contributed by atoms with Crippen LogP contribution in [0.4, 0.5) is 13.8 Å². The topological polar surface area (TPSA) is 57.3 Å². The van der Waals surface area contributed by atoms with Crippen LogP contribution in [0.1, 0.15) is 12.8 Å². The van der Waals surface area contributed by atoms with Crippen LogP contribution in [0.2, 0.25) is 5.15 Å². The predicted octanol–water partition coefficient (Wildman–Crippen LogP) is 3.73. The van der Waals surface area contributed by atoms with Crippen molar-refractivity contribution in [1.29, 1.82) is 0 Å². The van der Waals surface area contributed by atoms with E-state index in [9.17, 15) is 18.8 Å². The highest BCUT2D eigenvalue weighted by Crippen LogP contribution is 2.50. The maximum Gasteiger partial charge on any atom is 0.252 e. The number of pyridine rings is 1. The van der Waals surface area contributed by atoms with Crippen molar-refractivity contribution in [2.24, 2.45) is 5.92 Å². The molecule has 1 fully saturated rings. The largest absolute Gasteiger partial charge is 0.304 e. The summed E-state index contributed by atoms with van der Waals surface area (Å²) in [6, 6.07) is 3.44. The number of thioether (sulfide) groups is 1. The summed E-state index contributed by atoms with van der Waals surface area (Å²) in [5, 5.41) is 10.8. The van der Waals surface area contributed by atoms with Gasteiger partial charge in [0.2, 0.25) is 18.3 Å². The van der Waals surface area contributed by atoms with Gasteiger partial charge in [-0.1, -0.05) is 22.9 Å². The lowest BCUT2D eigenvalue weighted by atomic mass is 10.3. The van der Waals surface area contributed by atoms with Crippen LogP contribution in [0, 0.1) is 5.92 Å². The molecule has 0 aliphatic heterocycles. The van der Waals surface area contributed by atoms with Gasteiger partial charge in [0.1, 0.15) is 10.0 Å². The van der Waals surface area contributed by atoms with Gasteiger partial charge in [0.05, 0.1) is 5.56 Å². The number of rotatable bonds is 7. The molecule has 1 atom stereocenters. The summed E-state index contributed by atoms with van der Waals surface area (Å²) >= 11 is 8.78. The molecule has 1 saturated carbocycles. The zero-order valence-electron chi connectivity index (χ0n) is 13.9. The van der Waals surface area contributed by atoms with Crippen LogP contribution in [0.3, 0.4) is 0 Å². The molecule has 0 spiro atoms. The molecule has 3 rings (SSSR count). The van der Waals surface area contributed by atoms with Gasteiger partial charge in [-0.05, 0) is 6.07 Å². The number of thiazole rings is 1. The second-order valence-electron chi connectivity index (χ2n) is 6.03. The van der Waals surface area contributed by atoms with Crippen molar-refractivity contribution in [2.45, 2.75) is 18.8 Å². The molecule has 1 aliphatic rings. The van der Waals surface area contributed by atoms with Crippen molar-refractivity contribution in [3.05, 3.63) is 29.7 Å². The molecular weight excluding hydrogens is 404 g/mol. The quantitative estimate of drug-likeness (QED) is 0.421. The summed E-state index contributed by atoms with van der Waals surface area (Å²) in [5.74, 6) is -2.33. The third-order valence-electron chi connectivity index (χ3n) is 4.02. The number of anilines is 1. The minimum absolute atomic E-state index is 0.0412. The molecule has 0 radical (unpaired) electrons. The Morgan fingerprint density at radius 3 is 3.00 bits per heavy atom. The normalized spacial score (nSPS) is 17.9. The number of carbonyl (C=O) groups is 1. The SMILES string of the molecule is CN(C(=O)CCSCC1CC1(F)F)c1sc(-c2ccc[n+](O)c2)nc1Cl. The standard InChI is InChI=1S/C16H17ClF2N3O2S2/c1-21(12(23)4-6-25-9-11-7-16(11,18)19)15-13(17)20-14(26-15)10-3-2-5-22(24)8-10/h2-3,5,8,11,24H,4,6-7,9H2,1H3/q+1. The first kappa shape index (κ1) is 19.3. The van der Waals surface area contributed by atoms with Crippen LogP contribution < -0.4 is 9.63 Å². The molecule has 10 heteroatoms. The third-order valence-corrected chi connectivity index (χ3v) is 6.70. The van der Waals surface area contributed by atoms with E-state index >= 15 is 0 Å². The Hall–Kier alpha value is -1.45. The van der Waals surface area contributed by atoms with Crippen molar-refractivity contribution < 1.29 is 23.5 Å². The molecule has 2 aromatic rings. The number of amides is 1. The lowest BCUT2D eigenvalue weighted by molar-refractivity contribution is -0.904. The van der Waals surface area contributed by atoms with Crippen LogP contribution >= 0.6 is 34.7 Å². The number of hydrogen-bond donors (Lipinski definition) is 1. The predicted molar refractivity (Wildman–Crippen MR) is 98.3 cm³/mol. The van der Waals surface area contributed by atoms with E-state index in [1.54, 1.807) is 19.2 Å². The monoisotopic (exact) mass is 420 g/mol. The van der Waals surface area contributed by atoms with E-state index in [0.29, 0.717) is 27.1 Å². The molecule has 1 aliphatic carbocycles. The molecule has 26 heavy (non-hydrogen) atoms. The third kappa shape index (κ3) is 4.44. The molecule has 2 heterocycles. The first-order valence-corrected chi connectivity index (χ1v) is 10.2. The summed E-state index contributed by atoms with van der Waals surface area (Å²) in [6.45, 7) is 0. The Morgan fingerprint density at radius 1 is 1.62 bits per heavy atom. The van der Waals surface area contributed by atoms with E-state index in [1.165, 1.54) is 40.4 Å². The summed E-state index contributed by atoms with van der Waals surface area (Å²) in [7, 11) is 1.61. The van der Waals surface area contributed by atoms with Gasteiger partial charge in [-0.25, -0.2) is 13.8 Å². The minimum Gasteiger partial charge on any atom is -0.304 e. The van der Waals surface area contributed by atoms with E-state index in [2.05, 4.69) is 4.98 Å². The molecule has 0 saturated heterocycles. The van der Waals surface area contributed by atoms with Crippen molar-refractivity contribution in [3.8, 4) is 10.6 Å². The van der Waals surface area contributed by atoms with Gasteiger partial charge in [0.25, 0.3) is 5.92 Å². The van der Waals surface area contributed by atoms with Crippen LogP contribution in [-0.2, 0) is 4.79 Å². The number of carbonyl (C=O) groups excluding carboxylic acids is 1. The lowest BCUT2D eigenvalue weighted by Crippen LogP contribution is -2.28. The number of alkyl halides is 2. The maximum absolute atomic E-state index is 12.8. The van der Waals surface area contributed by atoms with Crippen molar-refractivity contribution in [3.63, 3.8) is 0 Å². The zero-order valence-corrected chi connectivity index (χ0v) is 16.3. The van der Waals surface area contributed by atoms with Crippen molar-refractivity contribution in [1.82, 2.24) is 4.98 Å². The highest BCUT2D eigenvalue weighted by molar-refractivity contribution is 7.99. The second-order valence-corrected chi connectivity index (χ2v) is 8.51. The summed E-state index contributed by atoms with van der Waals surface area (Å²) in [6.07, 6.45) is 3.17. The summed E-state index contributed by atoms with van der Waals surface area (Å²) in [5.41, 5.74) is 0.676. The van der Waals surface area contributed by atoms with E-state index in [1.807, 2.05) is 0 Å². The Morgan fingerprint density at radius 2 is 2.35 bits per heavy atom. The second kappa shape index (κ2) is 7.66. The summed E-state index contributed by atoms with van der Waals surface area (Å²) < 4.78 is 26.6. The van der Waals surface area contributed by atoms with Crippen LogP contribution in [-0.4, -0.2) is 40.6 Å². The zero-order chi connectivity index (χ0) is 18.9. The average molecular weight is 421 g/mol. The van der Waals surface area contributed by atoms with E-state index in [-0.39, 0.29) is 23.9 Å². The lowest BCUT2D eigenvalue weighted by Gasteiger charge is -2.14. The molecular formula is C16H17ClF2N3O2S2+. The molecule has 1 unspecified atom stereocenters. The van der Waals surface area contributed by atoms with Gasteiger partial charge in [-0.15, -0.1) is 0 Å². The highest BCUT2D eigenvalue weighted by atomic mass is 35.5. The fourth-order valence-electron chi connectivity index (χ4n) is 2.33. The molecule has 5 nitrogen and oxygen atoms in total. The van der Waals surface area contributed by atoms with Gasteiger partial charge < -0.3 is 4.90 Å². The number of hydrogen-bond acceptors (Lipinski definition) is 5. The van der Waals surface area contributed by atoms with Gasteiger partial charge in [0, 0.05) is 48.1 Å². The summed E-state index contributed by atoms with van der Waals surface area (Å²) in [4.78, 5) is 18.0. The van der Waals surface area contributed by atoms with Crippen LogP contribution in [0.5, 0.6) is 0 Å². The van der Waals surface area contributed by atoms with Gasteiger partial charge in [-0.2, -0.15) is 11.8 Å². The number of halogens is 3. The number of nitrogens with zero attached hydrogens (tertiary/aromatic N) is 3. The van der Waals surface area contributed by atoms with Gasteiger partial charge in [-0.3, -0.25) is 10.0 Å².